The molecule has 0 unspecified atom stereocenters. The summed E-state index contributed by atoms with van der Waals surface area (Å²) >= 11 is 12.5. The van der Waals surface area contributed by atoms with Crippen LogP contribution in [0.2, 0.25) is 10.0 Å². The van der Waals surface area contributed by atoms with Crippen molar-refractivity contribution in [1.82, 2.24) is 39.5 Å². The maximum absolute atomic E-state index is 16.3. The molecule has 2 amide bonds. The fourth-order valence-corrected chi connectivity index (χ4v) is 7.21. The number of hydrogen-bond donors (Lipinski definition) is 4. The van der Waals surface area contributed by atoms with Crippen LogP contribution < -0.4 is 32.5 Å². The Bertz CT molecular complexity index is 2920. The monoisotopic (exact) mass is 832 g/mol. The van der Waals surface area contributed by atoms with Crippen LogP contribution in [0.4, 0.5) is 8.78 Å². The predicted octanol–water partition coefficient (Wildman–Crippen LogP) is 4.91. The van der Waals surface area contributed by atoms with Gasteiger partial charge in [0.25, 0.3) is 11.8 Å². The number of aryl methyl sites for hydroxylation is 2. The molecule has 8 aromatic rings. The number of aromatic amines is 2. The number of fused-ring (bicyclic) bond motifs is 2. The molecule has 4 aromatic carbocycles. The fraction of sp³-hybridized carbons (Fsp3) is 0.111. The summed E-state index contributed by atoms with van der Waals surface area (Å²) in [5.41, 5.74) is 11.4. The number of nitrogens with one attached hydrogen (secondary N) is 2. The van der Waals surface area contributed by atoms with Gasteiger partial charge in [0.1, 0.15) is 34.3 Å². The van der Waals surface area contributed by atoms with Gasteiger partial charge in [-0.2, -0.15) is 0 Å². The molecule has 0 saturated carbocycles. The molecular formula is C36H24Cl2F2N10O8. The van der Waals surface area contributed by atoms with Gasteiger partial charge in [-0.05, 0) is 48.5 Å². The zero-order valence-electron chi connectivity index (χ0n) is 29.6. The first kappa shape index (κ1) is 37.6. The van der Waals surface area contributed by atoms with Crippen LogP contribution in [0.15, 0.2) is 67.0 Å². The third-order valence-corrected chi connectivity index (χ3v) is 9.57. The lowest BCUT2D eigenvalue weighted by atomic mass is 10.1. The van der Waals surface area contributed by atoms with Crippen molar-refractivity contribution in [2.24, 2.45) is 11.5 Å². The lowest BCUT2D eigenvalue weighted by Gasteiger charge is -2.16. The first-order valence-corrected chi connectivity index (χ1v) is 17.4. The number of ether oxygens (including phenoxy) is 2. The molecule has 0 saturated heterocycles. The van der Waals surface area contributed by atoms with Crippen molar-refractivity contribution >= 4 is 57.1 Å². The molecule has 0 radical (unpaired) electrons. The number of imidazole rings is 2. The number of rotatable bonds is 11. The van der Waals surface area contributed by atoms with Gasteiger partial charge >= 0.3 is 11.5 Å². The van der Waals surface area contributed by atoms with Crippen molar-refractivity contribution in [2.45, 2.75) is 13.1 Å². The number of methoxy groups -OCH3 is 2. The van der Waals surface area contributed by atoms with Gasteiger partial charge in [0.05, 0.1) is 58.6 Å². The molecule has 0 aliphatic carbocycles. The average Bonchev–Trinajstić information content (AvgIpc) is 3.97. The highest BCUT2D eigenvalue weighted by atomic mass is 35.5. The molecule has 8 rings (SSSR count). The average molecular weight is 834 g/mol. The zero-order chi connectivity index (χ0) is 41.2. The first-order chi connectivity index (χ1) is 27.8. The summed E-state index contributed by atoms with van der Waals surface area (Å²) in [5, 5.41) is 11.9. The van der Waals surface area contributed by atoms with Gasteiger partial charge in [0.2, 0.25) is 11.8 Å². The standard InChI is InChI=1S/C36H24Cl2F2N10O8/c1-55-27-15(29(41)51)3-5-21-25(27)43-31(23-17(9-13(37)11-19(23)39)33-45-47-35(53)57-33)49(21)7-8-50-22-6-4-16(30(42)52)28(56-2)26(22)44-32(50)24-18(10-14(38)12-20(24)40)34-46-48-36(54)58-34/h3-6,9-12H,7-8H2,1-2H3,(H2,41,51)(H2,42,52)(H,47,53)(H,48,54). The van der Waals surface area contributed by atoms with Crippen LogP contribution in [0.5, 0.6) is 11.5 Å². The van der Waals surface area contributed by atoms with Crippen molar-refractivity contribution in [1.29, 1.82) is 0 Å². The third kappa shape index (κ3) is 6.19. The molecule has 58 heavy (non-hydrogen) atoms. The first-order valence-electron chi connectivity index (χ1n) is 16.6. The summed E-state index contributed by atoms with van der Waals surface area (Å²) in [6.07, 6.45) is 0. The number of primary amides is 2. The molecule has 294 valence electrons. The highest BCUT2D eigenvalue weighted by molar-refractivity contribution is 6.31. The van der Waals surface area contributed by atoms with Crippen LogP contribution in [-0.2, 0) is 13.1 Å². The van der Waals surface area contributed by atoms with E-state index in [1.54, 1.807) is 9.13 Å². The van der Waals surface area contributed by atoms with E-state index in [2.05, 4.69) is 20.4 Å². The second-order valence-electron chi connectivity index (χ2n) is 12.4. The summed E-state index contributed by atoms with van der Waals surface area (Å²) in [4.78, 5) is 58.4. The Hall–Kier alpha value is -7.32. The van der Waals surface area contributed by atoms with Crippen molar-refractivity contribution in [3.63, 3.8) is 0 Å². The summed E-state index contributed by atoms with van der Waals surface area (Å²) < 4.78 is 57.3. The Morgan fingerprint density at radius 2 is 1.10 bits per heavy atom. The molecule has 0 aliphatic heterocycles. The Morgan fingerprint density at radius 1 is 0.707 bits per heavy atom. The van der Waals surface area contributed by atoms with E-state index in [-0.39, 0.29) is 102 Å². The number of amides is 2. The Labute approximate surface area is 330 Å². The summed E-state index contributed by atoms with van der Waals surface area (Å²) in [6, 6.07) is 10.5. The number of H-pyrrole nitrogens is 2. The van der Waals surface area contributed by atoms with Gasteiger partial charge in [0, 0.05) is 23.1 Å². The Morgan fingerprint density at radius 3 is 1.43 bits per heavy atom. The summed E-state index contributed by atoms with van der Waals surface area (Å²) in [5.74, 6) is -6.19. The number of nitrogens with zero attached hydrogens (tertiary/aromatic N) is 6. The van der Waals surface area contributed by atoms with Crippen LogP contribution in [-0.4, -0.2) is 65.5 Å². The van der Waals surface area contributed by atoms with Gasteiger partial charge in [-0.1, -0.05) is 23.2 Å². The van der Waals surface area contributed by atoms with Crippen molar-refractivity contribution in [3.8, 4) is 57.2 Å². The molecule has 18 nitrogen and oxygen atoms in total. The van der Waals surface area contributed by atoms with Crippen LogP contribution >= 0.6 is 23.2 Å². The minimum Gasteiger partial charge on any atom is -0.494 e. The highest BCUT2D eigenvalue weighted by Crippen LogP contribution is 2.42. The van der Waals surface area contributed by atoms with Crippen molar-refractivity contribution in [2.75, 3.05) is 14.2 Å². The lowest BCUT2D eigenvalue weighted by molar-refractivity contribution is 0.0989. The highest BCUT2D eigenvalue weighted by Gasteiger charge is 2.29. The maximum Gasteiger partial charge on any atom is 0.434 e. The number of benzene rings is 4. The fourth-order valence-electron chi connectivity index (χ4n) is 6.80. The van der Waals surface area contributed by atoms with Gasteiger partial charge in [0.15, 0.2) is 11.5 Å². The smallest absolute Gasteiger partial charge is 0.434 e. The van der Waals surface area contributed by atoms with E-state index in [1.807, 2.05) is 0 Å². The number of hydrogen-bond acceptors (Lipinski definition) is 12. The normalized spacial score (nSPS) is 11.5. The number of halogens is 4. The SMILES string of the molecule is COc1c(C(N)=O)ccc2c1nc(-c1c(F)cc(Cl)cc1-c1n[nH]c(=O)o1)n2CCn1c(-c2c(F)cc(Cl)cc2-c2n[nH]c(=O)o2)nc2c(OC)c(C(N)=O)ccc21. The molecule has 0 bridgehead atoms. The van der Waals surface area contributed by atoms with E-state index in [0.717, 1.165) is 12.1 Å². The van der Waals surface area contributed by atoms with E-state index in [9.17, 15) is 19.2 Å². The van der Waals surface area contributed by atoms with Crippen molar-refractivity contribution in [3.05, 3.63) is 102 Å². The topological polar surface area (TPSA) is 258 Å². The number of aromatic nitrogens is 8. The maximum atomic E-state index is 16.3. The lowest BCUT2D eigenvalue weighted by Crippen LogP contribution is -2.13. The van der Waals surface area contributed by atoms with Gasteiger partial charge < -0.3 is 38.9 Å². The van der Waals surface area contributed by atoms with E-state index in [0.29, 0.717) is 11.0 Å². The minimum absolute atomic E-state index is 0.0296. The molecule has 0 atom stereocenters. The Kier molecular flexibility index (Phi) is 9.28. The van der Waals surface area contributed by atoms with Gasteiger partial charge in [-0.15, -0.1) is 10.2 Å². The predicted molar refractivity (Wildman–Crippen MR) is 203 cm³/mol. The second kappa shape index (κ2) is 14.3. The molecule has 6 N–H and O–H groups in total. The van der Waals surface area contributed by atoms with Gasteiger partial charge in [-0.25, -0.2) is 38.5 Å². The number of carbonyl (C=O) groups is 2. The van der Waals surface area contributed by atoms with E-state index in [4.69, 9.17) is 62.9 Å². The van der Waals surface area contributed by atoms with Gasteiger partial charge in [-0.3, -0.25) is 9.59 Å². The number of nitrogens with two attached hydrogens (primary N) is 2. The quantitative estimate of drug-likeness (QED) is 0.136. The van der Waals surface area contributed by atoms with Crippen LogP contribution in [0, 0.1) is 11.6 Å². The second-order valence-corrected chi connectivity index (χ2v) is 13.3. The summed E-state index contributed by atoms with van der Waals surface area (Å²) in [7, 11) is 2.59. The molecule has 22 heteroatoms. The minimum atomic E-state index is -0.931. The van der Waals surface area contributed by atoms with E-state index < -0.39 is 35.0 Å². The van der Waals surface area contributed by atoms with Crippen LogP contribution in [0.3, 0.4) is 0 Å². The van der Waals surface area contributed by atoms with Crippen LogP contribution in [0.25, 0.3) is 67.8 Å². The summed E-state index contributed by atoms with van der Waals surface area (Å²) in [6.45, 7) is -0.255. The largest absolute Gasteiger partial charge is 0.494 e. The van der Waals surface area contributed by atoms with E-state index in [1.165, 1.54) is 50.6 Å². The molecular weight excluding hydrogens is 809 g/mol. The third-order valence-electron chi connectivity index (χ3n) is 9.13. The molecule has 4 aromatic heterocycles. The van der Waals surface area contributed by atoms with E-state index >= 15 is 8.78 Å². The molecule has 0 spiro atoms. The van der Waals surface area contributed by atoms with Crippen molar-refractivity contribution < 1.29 is 36.7 Å². The molecule has 0 fully saturated rings. The molecule has 4 heterocycles. The zero-order valence-corrected chi connectivity index (χ0v) is 31.2. The number of carbonyl (C=O) groups excluding carboxylic acids is 2. The molecule has 0 aliphatic rings. The van der Waals surface area contributed by atoms with Crippen LogP contribution in [0.1, 0.15) is 20.7 Å². The Balaban J connectivity index is 1.41.